The van der Waals surface area contributed by atoms with E-state index in [9.17, 15) is 9.59 Å². The van der Waals surface area contributed by atoms with Gasteiger partial charge in [0, 0.05) is 29.4 Å². The molecule has 21 heavy (non-hydrogen) atoms. The van der Waals surface area contributed by atoms with E-state index >= 15 is 0 Å². The van der Waals surface area contributed by atoms with Crippen LogP contribution in [0.25, 0.3) is 10.9 Å². The van der Waals surface area contributed by atoms with Crippen LogP contribution in [0.5, 0.6) is 0 Å². The van der Waals surface area contributed by atoms with E-state index < -0.39 is 0 Å². The highest BCUT2D eigenvalue weighted by Gasteiger charge is 2.07. The second-order valence-electron chi connectivity index (χ2n) is 5.55. The van der Waals surface area contributed by atoms with Gasteiger partial charge in [-0.15, -0.1) is 0 Å². The lowest BCUT2D eigenvalue weighted by atomic mass is 10.0. The summed E-state index contributed by atoms with van der Waals surface area (Å²) in [7, 11) is 0. The number of aromatic amines is 1. The van der Waals surface area contributed by atoms with Gasteiger partial charge in [0.15, 0.2) is 0 Å². The van der Waals surface area contributed by atoms with Gasteiger partial charge in [0.25, 0.3) is 5.56 Å². The molecule has 0 saturated heterocycles. The number of H-pyrrole nitrogens is 1. The molecule has 4 heteroatoms. The van der Waals surface area contributed by atoms with Crippen molar-refractivity contribution in [2.75, 3.05) is 0 Å². The van der Waals surface area contributed by atoms with Crippen molar-refractivity contribution in [3.63, 3.8) is 0 Å². The van der Waals surface area contributed by atoms with Crippen LogP contribution in [0.15, 0.2) is 23.0 Å². The number of amides is 1. The number of rotatable bonds is 5. The highest BCUT2D eigenvalue weighted by molar-refractivity contribution is 5.83. The molecule has 0 bridgehead atoms. The molecular formula is C17H22N2O2. The van der Waals surface area contributed by atoms with Gasteiger partial charge < -0.3 is 10.3 Å². The number of hydrogen-bond acceptors (Lipinski definition) is 2. The Morgan fingerprint density at radius 2 is 2.00 bits per heavy atom. The average Bonchev–Trinajstić information content (AvgIpc) is 2.43. The fraction of sp³-hybridized carbons (Fsp3) is 0.412. The zero-order valence-electron chi connectivity index (χ0n) is 12.9. The third-order valence-electron chi connectivity index (χ3n) is 3.62. The maximum Gasteiger partial charge on any atom is 0.253 e. The van der Waals surface area contributed by atoms with Gasteiger partial charge in [0.1, 0.15) is 0 Å². The lowest BCUT2D eigenvalue weighted by molar-refractivity contribution is -0.121. The fourth-order valence-corrected chi connectivity index (χ4v) is 2.47. The maximum atomic E-state index is 12.1. The van der Waals surface area contributed by atoms with Gasteiger partial charge in [-0.1, -0.05) is 19.4 Å². The molecule has 4 nitrogen and oxygen atoms in total. The Morgan fingerprint density at radius 1 is 1.24 bits per heavy atom. The normalized spacial score (nSPS) is 10.8. The van der Waals surface area contributed by atoms with Gasteiger partial charge in [-0.25, -0.2) is 0 Å². The van der Waals surface area contributed by atoms with Crippen LogP contribution in [0.4, 0.5) is 0 Å². The van der Waals surface area contributed by atoms with E-state index in [1.807, 2.05) is 32.9 Å². The van der Waals surface area contributed by atoms with E-state index in [0.717, 1.165) is 34.9 Å². The molecule has 1 aromatic carbocycles. The lowest BCUT2D eigenvalue weighted by Gasteiger charge is -2.08. The number of carbonyl (C=O) groups is 1. The van der Waals surface area contributed by atoms with E-state index in [0.29, 0.717) is 12.0 Å². The number of aromatic nitrogens is 1. The predicted molar refractivity (Wildman–Crippen MR) is 85.4 cm³/mol. The number of unbranched alkanes of at least 4 members (excludes halogenated alkanes) is 1. The number of nitrogens with one attached hydrogen (secondary N) is 2. The zero-order chi connectivity index (χ0) is 15.4. The topological polar surface area (TPSA) is 62.0 Å². The van der Waals surface area contributed by atoms with Crippen LogP contribution in [-0.2, 0) is 11.3 Å². The second kappa shape index (κ2) is 6.57. The summed E-state index contributed by atoms with van der Waals surface area (Å²) >= 11 is 0. The first kappa shape index (κ1) is 15.3. The molecule has 2 N–H and O–H groups in total. The zero-order valence-corrected chi connectivity index (χ0v) is 12.9. The Labute approximate surface area is 124 Å². The number of aryl methyl sites for hydroxylation is 2. The van der Waals surface area contributed by atoms with Crippen molar-refractivity contribution in [3.05, 3.63) is 45.2 Å². The highest BCUT2D eigenvalue weighted by Crippen LogP contribution is 2.18. The number of benzene rings is 1. The molecule has 0 fully saturated rings. The Bertz CT molecular complexity index is 717. The molecule has 0 aliphatic rings. The van der Waals surface area contributed by atoms with Crippen LogP contribution in [-0.4, -0.2) is 10.9 Å². The maximum absolute atomic E-state index is 12.1. The van der Waals surface area contributed by atoms with Crippen molar-refractivity contribution in [1.29, 1.82) is 0 Å². The first-order valence-electron chi connectivity index (χ1n) is 7.41. The van der Waals surface area contributed by atoms with Crippen LogP contribution in [0, 0.1) is 13.8 Å². The number of hydrogen-bond donors (Lipinski definition) is 2. The summed E-state index contributed by atoms with van der Waals surface area (Å²) in [5.74, 6) is -0.00280. The van der Waals surface area contributed by atoms with Gasteiger partial charge >= 0.3 is 0 Å². The molecule has 1 aromatic heterocycles. The molecule has 0 unspecified atom stereocenters. The van der Waals surface area contributed by atoms with Gasteiger partial charge in [-0.2, -0.15) is 0 Å². The molecule has 1 heterocycles. The minimum Gasteiger partial charge on any atom is -0.352 e. The lowest BCUT2D eigenvalue weighted by Crippen LogP contribution is -2.26. The first-order chi connectivity index (χ1) is 10.0. The molecule has 0 atom stereocenters. The van der Waals surface area contributed by atoms with Crippen LogP contribution in [0.2, 0.25) is 0 Å². The van der Waals surface area contributed by atoms with Crippen molar-refractivity contribution in [2.45, 2.75) is 46.6 Å². The molecule has 112 valence electrons. The van der Waals surface area contributed by atoms with Crippen molar-refractivity contribution in [3.8, 4) is 0 Å². The molecule has 2 rings (SSSR count). The van der Waals surface area contributed by atoms with Crippen LogP contribution in [0.3, 0.4) is 0 Å². The molecule has 0 spiro atoms. The molecular weight excluding hydrogens is 264 g/mol. The SMILES string of the molecule is CCCCC(=O)NCc1cc2c(C)cc(C)cc2[nH]c1=O. The quantitative estimate of drug-likeness (QED) is 0.887. The largest absolute Gasteiger partial charge is 0.352 e. The summed E-state index contributed by atoms with van der Waals surface area (Å²) in [6.07, 6.45) is 2.38. The molecule has 0 aliphatic heterocycles. The highest BCUT2D eigenvalue weighted by atomic mass is 16.1. The fourth-order valence-electron chi connectivity index (χ4n) is 2.47. The summed E-state index contributed by atoms with van der Waals surface area (Å²) in [5.41, 5.74) is 3.55. The molecule has 1 amide bonds. The van der Waals surface area contributed by atoms with E-state index in [1.54, 1.807) is 0 Å². The van der Waals surface area contributed by atoms with Crippen molar-refractivity contribution in [2.24, 2.45) is 0 Å². The van der Waals surface area contributed by atoms with Crippen molar-refractivity contribution in [1.82, 2.24) is 10.3 Å². The van der Waals surface area contributed by atoms with Crippen molar-refractivity contribution >= 4 is 16.8 Å². The van der Waals surface area contributed by atoms with Gasteiger partial charge in [-0.3, -0.25) is 9.59 Å². The summed E-state index contributed by atoms with van der Waals surface area (Å²) < 4.78 is 0. The van der Waals surface area contributed by atoms with Crippen molar-refractivity contribution < 1.29 is 4.79 Å². The second-order valence-corrected chi connectivity index (χ2v) is 5.55. The van der Waals surface area contributed by atoms with E-state index in [-0.39, 0.29) is 18.0 Å². The van der Waals surface area contributed by atoms with Gasteiger partial charge in [0.2, 0.25) is 5.91 Å². The molecule has 2 aromatic rings. The Morgan fingerprint density at radius 3 is 2.71 bits per heavy atom. The standard InChI is InChI=1S/C17H22N2O2/c1-4-5-6-16(20)18-10-13-9-14-12(3)7-11(2)8-15(14)19-17(13)21/h7-9H,4-6,10H2,1-3H3,(H,18,20)(H,19,21). The molecule has 0 radical (unpaired) electrons. The summed E-state index contributed by atoms with van der Waals surface area (Å²) in [6, 6.07) is 5.93. The Hall–Kier alpha value is -2.10. The van der Waals surface area contributed by atoms with E-state index in [1.165, 1.54) is 0 Å². The van der Waals surface area contributed by atoms with E-state index in [4.69, 9.17) is 0 Å². The predicted octanol–water partition coefficient (Wildman–Crippen LogP) is 2.95. The van der Waals surface area contributed by atoms with Gasteiger partial charge in [0.05, 0.1) is 0 Å². The number of fused-ring (bicyclic) bond motifs is 1. The third kappa shape index (κ3) is 3.72. The Kier molecular flexibility index (Phi) is 4.78. The van der Waals surface area contributed by atoms with Crippen LogP contribution >= 0.6 is 0 Å². The third-order valence-corrected chi connectivity index (χ3v) is 3.62. The molecule has 0 aliphatic carbocycles. The number of pyridine rings is 1. The average molecular weight is 286 g/mol. The minimum atomic E-state index is -0.136. The Balaban J connectivity index is 2.23. The molecule has 0 saturated carbocycles. The van der Waals surface area contributed by atoms with E-state index in [2.05, 4.69) is 16.4 Å². The van der Waals surface area contributed by atoms with Crippen LogP contribution < -0.4 is 10.9 Å². The monoisotopic (exact) mass is 286 g/mol. The summed E-state index contributed by atoms with van der Waals surface area (Å²) in [6.45, 7) is 6.36. The summed E-state index contributed by atoms with van der Waals surface area (Å²) in [4.78, 5) is 26.6. The van der Waals surface area contributed by atoms with Gasteiger partial charge in [-0.05, 0) is 43.5 Å². The van der Waals surface area contributed by atoms with Crippen LogP contribution in [0.1, 0.15) is 42.9 Å². The first-order valence-corrected chi connectivity index (χ1v) is 7.41. The minimum absolute atomic E-state index is 0.00280. The summed E-state index contributed by atoms with van der Waals surface area (Å²) in [5, 5.41) is 3.84. The smallest absolute Gasteiger partial charge is 0.253 e. The number of carbonyl (C=O) groups excluding carboxylic acids is 1.